The maximum absolute atomic E-state index is 13.0. The standard InChI is InChI=1S/C31H23Cl2N3OS2/c32-26-11-5-12-27(33)25(26)18-38-15-14-35-31(37)28-17-34-19-36(28)21-7-3-6-20(16-21)22-9-4-10-24-23-8-1-2-13-29(23)39-30(22)24/h1-13,16-17,19H,14-15,18H2,(H,35,37). The molecule has 194 valence electrons. The van der Waals surface area contributed by atoms with Gasteiger partial charge in [0.2, 0.25) is 0 Å². The molecular formula is C31H23Cl2N3OS2. The van der Waals surface area contributed by atoms with E-state index in [0.29, 0.717) is 28.0 Å². The van der Waals surface area contributed by atoms with Crippen molar-refractivity contribution >= 4 is 72.4 Å². The van der Waals surface area contributed by atoms with Gasteiger partial charge in [-0.05, 0) is 47.0 Å². The van der Waals surface area contributed by atoms with Gasteiger partial charge in [0.05, 0.1) is 12.5 Å². The van der Waals surface area contributed by atoms with Crippen molar-refractivity contribution in [1.82, 2.24) is 14.9 Å². The van der Waals surface area contributed by atoms with Crippen LogP contribution < -0.4 is 5.32 Å². The Morgan fingerprint density at radius 2 is 1.69 bits per heavy atom. The van der Waals surface area contributed by atoms with Crippen LogP contribution in [0.3, 0.4) is 0 Å². The predicted molar refractivity (Wildman–Crippen MR) is 167 cm³/mol. The van der Waals surface area contributed by atoms with Crippen molar-refractivity contribution in [3.05, 3.63) is 119 Å². The van der Waals surface area contributed by atoms with Gasteiger partial charge in [-0.15, -0.1) is 11.3 Å². The number of imidazole rings is 1. The fourth-order valence-corrected chi connectivity index (χ4v) is 7.47. The Kier molecular flexibility index (Phi) is 7.62. The first kappa shape index (κ1) is 26.0. The van der Waals surface area contributed by atoms with E-state index in [-0.39, 0.29) is 5.91 Å². The topological polar surface area (TPSA) is 46.9 Å². The molecule has 8 heteroatoms. The summed E-state index contributed by atoms with van der Waals surface area (Å²) >= 11 is 16.0. The Morgan fingerprint density at radius 3 is 2.56 bits per heavy atom. The summed E-state index contributed by atoms with van der Waals surface area (Å²) in [6.45, 7) is 0.519. The summed E-state index contributed by atoms with van der Waals surface area (Å²) in [6, 6.07) is 28.7. The van der Waals surface area contributed by atoms with E-state index < -0.39 is 0 Å². The summed E-state index contributed by atoms with van der Waals surface area (Å²) in [5.41, 5.74) is 4.57. The van der Waals surface area contributed by atoms with E-state index >= 15 is 0 Å². The van der Waals surface area contributed by atoms with Gasteiger partial charge < -0.3 is 5.32 Å². The van der Waals surface area contributed by atoms with Crippen molar-refractivity contribution in [2.75, 3.05) is 12.3 Å². The second kappa shape index (κ2) is 11.4. The molecule has 0 bridgehead atoms. The number of thioether (sulfide) groups is 1. The van der Waals surface area contributed by atoms with E-state index in [0.717, 1.165) is 22.6 Å². The molecule has 4 aromatic carbocycles. The number of hydrogen-bond donors (Lipinski definition) is 1. The van der Waals surface area contributed by atoms with Gasteiger partial charge in [0.15, 0.2) is 0 Å². The van der Waals surface area contributed by atoms with Crippen molar-refractivity contribution in [3.63, 3.8) is 0 Å². The minimum atomic E-state index is -0.166. The number of nitrogens with zero attached hydrogens (tertiary/aromatic N) is 2. The normalized spacial score (nSPS) is 11.3. The third-order valence-corrected chi connectivity index (χ3v) is 9.46. The Labute approximate surface area is 244 Å². The molecule has 39 heavy (non-hydrogen) atoms. The fourth-order valence-electron chi connectivity index (χ4n) is 4.64. The summed E-state index contributed by atoms with van der Waals surface area (Å²) in [4.78, 5) is 17.3. The van der Waals surface area contributed by atoms with Gasteiger partial charge in [-0.1, -0.05) is 77.8 Å². The van der Waals surface area contributed by atoms with Crippen molar-refractivity contribution in [2.45, 2.75) is 5.75 Å². The molecule has 6 rings (SSSR count). The molecule has 0 aliphatic rings. The van der Waals surface area contributed by atoms with Crippen molar-refractivity contribution in [3.8, 4) is 16.8 Å². The number of thiophene rings is 1. The van der Waals surface area contributed by atoms with Gasteiger partial charge in [0, 0.05) is 54.0 Å². The average molecular weight is 589 g/mol. The quantitative estimate of drug-likeness (QED) is 0.181. The molecule has 0 atom stereocenters. The van der Waals surface area contributed by atoms with Crippen LogP contribution in [0.2, 0.25) is 10.0 Å². The lowest BCUT2D eigenvalue weighted by atomic mass is 10.0. The summed E-state index contributed by atoms with van der Waals surface area (Å²) in [5.74, 6) is 1.25. The molecule has 0 radical (unpaired) electrons. The van der Waals surface area contributed by atoms with E-state index in [2.05, 4.69) is 64.9 Å². The zero-order chi connectivity index (χ0) is 26.8. The number of nitrogens with one attached hydrogen (secondary N) is 1. The molecule has 4 nitrogen and oxygen atoms in total. The van der Waals surface area contributed by atoms with Gasteiger partial charge >= 0.3 is 0 Å². The number of carbonyl (C=O) groups excluding carboxylic acids is 1. The first-order valence-electron chi connectivity index (χ1n) is 12.4. The Balaban J connectivity index is 1.18. The van der Waals surface area contributed by atoms with Crippen LogP contribution in [-0.4, -0.2) is 27.8 Å². The van der Waals surface area contributed by atoms with Crippen LogP contribution in [0.4, 0.5) is 0 Å². The highest BCUT2D eigenvalue weighted by molar-refractivity contribution is 7.98. The minimum Gasteiger partial charge on any atom is -0.350 e. The summed E-state index contributed by atoms with van der Waals surface area (Å²) in [5, 5.41) is 6.87. The number of fused-ring (bicyclic) bond motifs is 3. The molecular weight excluding hydrogens is 565 g/mol. The molecule has 0 fully saturated rings. The van der Waals surface area contributed by atoms with Crippen LogP contribution in [-0.2, 0) is 5.75 Å². The van der Waals surface area contributed by atoms with Crippen molar-refractivity contribution in [1.29, 1.82) is 0 Å². The predicted octanol–water partition coefficient (Wildman–Crippen LogP) is 8.88. The highest BCUT2D eigenvalue weighted by Crippen LogP contribution is 2.40. The zero-order valence-electron chi connectivity index (χ0n) is 20.7. The van der Waals surface area contributed by atoms with Crippen molar-refractivity contribution in [2.24, 2.45) is 0 Å². The lowest BCUT2D eigenvalue weighted by Crippen LogP contribution is -2.27. The largest absolute Gasteiger partial charge is 0.350 e. The molecule has 2 aromatic heterocycles. The van der Waals surface area contributed by atoms with E-state index in [4.69, 9.17) is 23.2 Å². The van der Waals surface area contributed by atoms with E-state index in [1.807, 2.05) is 46.2 Å². The maximum Gasteiger partial charge on any atom is 0.269 e. The van der Waals surface area contributed by atoms with Crippen LogP contribution >= 0.6 is 46.3 Å². The molecule has 0 saturated heterocycles. The number of benzene rings is 4. The second-order valence-electron chi connectivity index (χ2n) is 8.99. The number of halogens is 2. The number of rotatable bonds is 8. The smallest absolute Gasteiger partial charge is 0.269 e. The number of amides is 1. The Morgan fingerprint density at radius 1 is 0.923 bits per heavy atom. The second-order valence-corrected chi connectivity index (χ2v) is 12.0. The average Bonchev–Trinajstić information content (AvgIpc) is 3.60. The van der Waals surface area contributed by atoms with E-state index in [9.17, 15) is 4.79 Å². The Bertz CT molecular complexity index is 1790. The van der Waals surface area contributed by atoms with Crippen LogP contribution in [0, 0.1) is 0 Å². The van der Waals surface area contributed by atoms with Gasteiger partial charge in [-0.2, -0.15) is 11.8 Å². The highest BCUT2D eigenvalue weighted by Gasteiger charge is 2.15. The first-order chi connectivity index (χ1) is 19.1. The number of aromatic nitrogens is 2. The molecule has 0 aliphatic carbocycles. The molecule has 1 N–H and O–H groups in total. The lowest BCUT2D eigenvalue weighted by molar-refractivity contribution is 0.0949. The van der Waals surface area contributed by atoms with Crippen LogP contribution in [0.15, 0.2) is 97.5 Å². The van der Waals surface area contributed by atoms with Crippen LogP contribution in [0.1, 0.15) is 16.1 Å². The lowest BCUT2D eigenvalue weighted by Gasteiger charge is -2.11. The fraction of sp³-hybridized carbons (Fsp3) is 0.0968. The van der Waals surface area contributed by atoms with Crippen LogP contribution in [0.5, 0.6) is 0 Å². The van der Waals surface area contributed by atoms with Gasteiger partial charge in [0.1, 0.15) is 5.69 Å². The Hall–Kier alpha value is -3.29. The third kappa shape index (κ3) is 5.30. The summed E-state index contributed by atoms with van der Waals surface area (Å²) in [7, 11) is 0. The molecule has 6 aromatic rings. The molecule has 2 heterocycles. The third-order valence-electron chi connectivity index (χ3n) is 6.55. The van der Waals surface area contributed by atoms with Gasteiger partial charge in [-0.3, -0.25) is 9.36 Å². The number of hydrogen-bond acceptors (Lipinski definition) is 4. The molecule has 0 saturated carbocycles. The summed E-state index contributed by atoms with van der Waals surface area (Å²) < 4.78 is 4.37. The molecule has 0 unspecified atom stereocenters. The maximum atomic E-state index is 13.0. The monoisotopic (exact) mass is 587 g/mol. The van der Waals surface area contributed by atoms with E-state index in [1.54, 1.807) is 24.3 Å². The minimum absolute atomic E-state index is 0.166. The highest BCUT2D eigenvalue weighted by atomic mass is 35.5. The molecule has 0 aliphatic heterocycles. The zero-order valence-corrected chi connectivity index (χ0v) is 23.9. The summed E-state index contributed by atoms with van der Waals surface area (Å²) in [6.07, 6.45) is 3.29. The van der Waals surface area contributed by atoms with Gasteiger partial charge in [0.25, 0.3) is 5.91 Å². The van der Waals surface area contributed by atoms with Crippen LogP contribution in [0.25, 0.3) is 37.0 Å². The van der Waals surface area contributed by atoms with E-state index in [1.165, 1.54) is 25.7 Å². The number of carbonyl (C=O) groups is 1. The van der Waals surface area contributed by atoms with Gasteiger partial charge in [-0.25, -0.2) is 4.98 Å². The molecule has 1 amide bonds. The van der Waals surface area contributed by atoms with Crippen molar-refractivity contribution < 1.29 is 4.79 Å². The SMILES string of the molecule is O=C(NCCSCc1c(Cl)cccc1Cl)c1cncn1-c1cccc(-c2cccc3c2sc2ccccc23)c1. The first-order valence-corrected chi connectivity index (χ1v) is 15.1. The molecule has 0 spiro atoms.